The summed E-state index contributed by atoms with van der Waals surface area (Å²) in [6, 6.07) is 4.34. The molecule has 2 N–H and O–H groups in total. The van der Waals surface area contributed by atoms with E-state index in [1.54, 1.807) is 0 Å². The number of imidazole rings is 1. The molecule has 0 atom stereocenters. The van der Waals surface area contributed by atoms with E-state index in [4.69, 9.17) is 10.7 Å². The van der Waals surface area contributed by atoms with Crippen LogP contribution in [0.15, 0.2) is 18.3 Å². The normalized spacial score (nSPS) is 16.4. The van der Waals surface area contributed by atoms with E-state index in [1.165, 1.54) is 36.2 Å². The van der Waals surface area contributed by atoms with E-state index in [9.17, 15) is 0 Å². The maximum Gasteiger partial charge on any atom is 0.116 e. The van der Waals surface area contributed by atoms with E-state index in [1.807, 2.05) is 0 Å². The average Bonchev–Trinajstić information content (AvgIpc) is 2.55. The van der Waals surface area contributed by atoms with Crippen LogP contribution in [0.5, 0.6) is 0 Å². The Morgan fingerprint density at radius 1 is 1.41 bits per heavy atom. The van der Waals surface area contributed by atoms with Crippen LogP contribution in [-0.2, 0) is 6.42 Å². The number of hydrogen-bond donors (Lipinski definition) is 1. The van der Waals surface area contributed by atoms with Crippen LogP contribution in [0.25, 0.3) is 5.52 Å². The van der Waals surface area contributed by atoms with E-state index in [0.717, 1.165) is 12.1 Å². The van der Waals surface area contributed by atoms with Gasteiger partial charge in [0.05, 0.1) is 11.2 Å². The molecule has 1 fully saturated rings. The molecule has 90 valence electrons. The number of pyridine rings is 1. The van der Waals surface area contributed by atoms with E-state index < -0.39 is 0 Å². The number of fused-ring (bicyclic) bond motifs is 1. The van der Waals surface area contributed by atoms with Gasteiger partial charge in [0.15, 0.2) is 0 Å². The molecule has 0 radical (unpaired) electrons. The summed E-state index contributed by atoms with van der Waals surface area (Å²) in [7, 11) is 0. The molecule has 3 rings (SSSR count). The zero-order valence-electron chi connectivity index (χ0n) is 10.3. The molecular formula is C14H19N3. The molecule has 1 aliphatic carbocycles. The first-order valence-corrected chi connectivity index (χ1v) is 6.47. The Bertz CT molecular complexity index is 538. The number of nitrogens with two attached hydrogens (primary N) is 1. The van der Waals surface area contributed by atoms with Crippen molar-refractivity contribution in [1.82, 2.24) is 9.38 Å². The molecule has 3 heteroatoms. The Morgan fingerprint density at radius 2 is 2.24 bits per heavy atom. The van der Waals surface area contributed by atoms with Gasteiger partial charge in [0, 0.05) is 12.1 Å². The second-order valence-corrected chi connectivity index (χ2v) is 5.01. The lowest BCUT2D eigenvalue weighted by Gasteiger charge is -2.24. The van der Waals surface area contributed by atoms with Gasteiger partial charge >= 0.3 is 0 Å². The summed E-state index contributed by atoms with van der Waals surface area (Å²) in [5.74, 6) is 1.92. The molecule has 0 aromatic carbocycles. The quantitative estimate of drug-likeness (QED) is 0.878. The molecule has 0 bridgehead atoms. The second kappa shape index (κ2) is 4.15. The van der Waals surface area contributed by atoms with Crippen LogP contribution in [-0.4, -0.2) is 15.9 Å². The smallest absolute Gasteiger partial charge is 0.116 e. The van der Waals surface area contributed by atoms with Crippen LogP contribution >= 0.6 is 0 Å². The van der Waals surface area contributed by atoms with Crippen LogP contribution in [0.1, 0.15) is 42.3 Å². The first-order valence-electron chi connectivity index (χ1n) is 6.47. The van der Waals surface area contributed by atoms with Crippen molar-refractivity contribution in [2.45, 2.75) is 38.5 Å². The third kappa shape index (κ3) is 1.75. The van der Waals surface area contributed by atoms with E-state index in [2.05, 4.69) is 29.7 Å². The molecule has 0 spiro atoms. The molecule has 1 saturated carbocycles. The molecule has 17 heavy (non-hydrogen) atoms. The maximum atomic E-state index is 5.62. The lowest BCUT2D eigenvalue weighted by molar-refractivity contribution is 0.400. The Balaban J connectivity index is 2.10. The zero-order valence-corrected chi connectivity index (χ0v) is 10.3. The third-order valence-electron chi connectivity index (χ3n) is 3.81. The molecular weight excluding hydrogens is 210 g/mol. The minimum absolute atomic E-state index is 0.671. The van der Waals surface area contributed by atoms with Crippen LogP contribution in [0.2, 0.25) is 0 Å². The van der Waals surface area contributed by atoms with Crippen molar-refractivity contribution < 1.29 is 0 Å². The molecule has 0 aliphatic heterocycles. The molecule has 0 unspecified atom stereocenters. The predicted molar refractivity (Wildman–Crippen MR) is 69.3 cm³/mol. The van der Waals surface area contributed by atoms with Crippen LogP contribution < -0.4 is 5.73 Å². The molecule has 0 saturated heterocycles. The van der Waals surface area contributed by atoms with Gasteiger partial charge in [-0.3, -0.25) is 0 Å². The van der Waals surface area contributed by atoms with Gasteiger partial charge in [-0.15, -0.1) is 0 Å². The van der Waals surface area contributed by atoms with Crippen molar-refractivity contribution in [3.8, 4) is 0 Å². The van der Waals surface area contributed by atoms with Crippen LogP contribution in [0.3, 0.4) is 0 Å². The predicted octanol–water partition coefficient (Wildman–Crippen LogP) is 2.41. The van der Waals surface area contributed by atoms with Crippen molar-refractivity contribution in [2.75, 3.05) is 6.54 Å². The molecule has 3 nitrogen and oxygen atoms in total. The fourth-order valence-corrected chi connectivity index (χ4v) is 2.58. The summed E-state index contributed by atoms with van der Waals surface area (Å²) in [4.78, 5) is 4.74. The summed E-state index contributed by atoms with van der Waals surface area (Å²) in [5, 5.41) is 0. The van der Waals surface area contributed by atoms with Crippen molar-refractivity contribution >= 4 is 5.52 Å². The standard InChI is InChI=1S/C14H19N3/c1-10-13-6-5-11(7-8-15)9-17(13)14(16-10)12-3-2-4-12/h5-6,9,12H,2-4,7-8,15H2,1H3. The largest absolute Gasteiger partial charge is 0.330 e. The van der Waals surface area contributed by atoms with Crippen molar-refractivity contribution in [3.05, 3.63) is 35.4 Å². The van der Waals surface area contributed by atoms with Gasteiger partial charge in [0.1, 0.15) is 5.82 Å². The molecule has 2 aromatic heterocycles. The second-order valence-electron chi connectivity index (χ2n) is 5.01. The van der Waals surface area contributed by atoms with Crippen molar-refractivity contribution in [3.63, 3.8) is 0 Å². The fraction of sp³-hybridized carbons (Fsp3) is 0.500. The van der Waals surface area contributed by atoms with E-state index in [-0.39, 0.29) is 0 Å². The van der Waals surface area contributed by atoms with Gasteiger partial charge in [-0.05, 0) is 44.4 Å². The van der Waals surface area contributed by atoms with Gasteiger partial charge in [0.2, 0.25) is 0 Å². The number of aromatic nitrogens is 2. The Morgan fingerprint density at radius 3 is 2.88 bits per heavy atom. The third-order valence-corrected chi connectivity index (χ3v) is 3.81. The average molecular weight is 229 g/mol. The molecule has 1 aliphatic rings. The SMILES string of the molecule is Cc1nc(C2CCC2)n2cc(CCN)ccc12. The van der Waals surface area contributed by atoms with Gasteiger partial charge < -0.3 is 10.1 Å². The van der Waals surface area contributed by atoms with E-state index in [0.29, 0.717) is 12.5 Å². The van der Waals surface area contributed by atoms with Crippen LogP contribution in [0.4, 0.5) is 0 Å². The van der Waals surface area contributed by atoms with Crippen LogP contribution in [0, 0.1) is 6.92 Å². The Labute approximate surface area is 102 Å². The summed E-state index contributed by atoms with van der Waals surface area (Å²) < 4.78 is 2.28. The van der Waals surface area contributed by atoms with Crippen molar-refractivity contribution in [1.29, 1.82) is 0 Å². The summed E-state index contributed by atoms with van der Waals surface area (Å²) in [5.41, 5.74) is 9.31. The first kappa shape index (κ1) is 10.8. The maximum absolute atomic E-state index is 5.62. The number of nitrogens with zero attached hydrogens (tertiary/aromatic N) is 2. The van der Waals surface area contributed by atoms with Gasteiger partial charge in [-0.25, -0.2) is 4.98 Å². The lowest BCUT2D eigenvalue weighted by Crippen LogP contribution is -2.13. The minimum Gasteiger partial charge on any atom is -0.330 e. The minimum atomic E-state index is 0.671. The molecule has 2 heterocycles. The number of rotatable bonds is 3. The fourth-order valence-electron chi connectivity index (χ4n) is 2.58. The van der Waals surface area contributed by atoms with Gasteiger partial charge in [-0.2, -0.15) is 0 Å². The first-order chi connectivity index (χ1) is 8.29. The molecule has 0 amide bonds. The lowest BCUT2D eigenvalue weighted by atomic mass is 9.85. The van der Waals surface area contributed by atoms with Crippen molar-refractivity contribution in [2.24, 2.45) is 5.73 Å². The van der Waals surface area contributed by atoms with Gasteiger partial charge in [-0.1, -0.05) is 12.5 Å². The Hall–Kier alpha value is -1.35. The highest BCUT2D eigenvalue weighted by molar-refractivity contribution is 5.54. The zero-order chi connectivity index (χ0) is 11.8. The summed E-state index contributed by atoms with van der Waals surface area (Å²) in [6.45, 7) is 2.80. The Kier molecular flexibility index (Phi) is 2.63. The summed E-state index contributed by atoms with van der Waals surface area (Å²) in [6.07, 6.45) is 7.09. The highest BCUT2D eigenvalue weighted by Crippen LogP contribution is 2.36. The van der Waals surface area contributed by atoms with E-state index >= 15 is 0 Å². The summed E-state index contributed by atoms with van der Waals surface area (Å²) >= 11 is 0. The monoisotopic (exact) mass is 229 g/mol. The van der Waals surface area contributed by atoms with Gasteiger partial charge in [0.25, 0.3) is 0 Å². The highest BCUT2D eigenvalue weighted by Gasteiger charge is 2.24. The highest BCUT2D eigenvalue weighted by atomic mass is 15.0. The molecule has 2 aromatic rings. The number of hydrogen-bond acceptors (Lipinski definition) is 2. The number of aryl methyl sites for hydroxylation is 1. The topological polar surface area (TPSA) is 43.3 Å².